The van der Waals surface area contributed by atoms with Crippen molar-refractivity contribution in [2.75, 3.05) is 23.7 Å². The van der Waals surface area contributed by atoms with Crippen LogP contribution in [0.5, 0.6) is 0 Å². The number of benzene rings is 2. The highest BCUT2D eigenvalue weighted by atomic mass is 16.2. The highest BCUT2D eigenvalue weighted by Crippen LogP contribution is 2.31. The first-order valence-corrected chi connectivity index (χ1v) is 12.8. The van der Waals surface area contributed by atoms with E-state index < -0.39 is 47.3 Å². The normalized spacial score (nSPS) is 13.7. The van der Waals surface area contributed by atoms with Crippen LogP contribution in [0.1, 0.15) is 59.5 Å². The van der Waals surface area contributed by atoms with Gasteiger partial charge in [-0.3, -0.25) is 28.8 Å². The summed E-state index contributed by atoms with van der Waals surface area (Å²) in [6.45, 7) is 6.54. The van der Waals surface area contributed by atoms with E-state index in [1.807, 2.05) is 0 Å². The van der Waals surface area contributed by atoms with Crippen LogP contribution < -0.4 is 32.7 Å². The van der Waals surface area contributed by atoms with Gasteiger partial charge in [0.2, 0.25) is 23.6 Å². The fourth-order valence-electron chi connectivity index (χ4n) is 3.89. The van der Waals surface area contributed by atoms with Crippen LogP contribution in [0.2, 0.25) is 0 Å². The molecule has 4 amide bonds. The summed E-state index contributed by atoms with van der Waals surface area (Å²) in [6.07, 6.45) is 0. The summed E-state index contributed by atoms with van der Waals surface area (Å²) in [7, 11) is 0. The van der Waals surface area contributed by atoms with Gasteiger partial charge in [-0.05, 0) is 48.2 Å². The zero-order chi connectivity index (χ0) is 29.7. The maximum absolute atomic E-state index is 13.2. The van der Waals surface area contributed by atoms with Crippen molar-refractivity contribution in [2.24, 2.45) is 23.3 Å². The minimum absolute atomic E-state index is 0.0934. The van der Waals surface area contributed by atoms with Gasteiger partial charge in [0.1, 0.15) is 0 Å². The van der Waals surface area contributed by atoms with Crippen molar-refractivity contribution in [3.05, 3.63) is 58.7 Å². The zero-order valence-corrected chi connectivity index (χ0v) is 22.8. The van der Waals surface area contributed by atoms with Crippen LogP contribution >= 0.6 is 0 Å². The van der Waals surface area contributed by atoms with Crippen LogP contribution in [0.4, 0.5) is 11.4 Å². The summed E-state index contributed by atoms with van der Waals surface area (Å²) < 4.78 is 0. The number of fused-ring (bicyclic) bond motifs is 2. The number of hydrogen-bond acceptors (Lipinski definition) is 8. The Balaban J connectivity index is 1.67. The van der Waals surface area contributed by atoms with Gasteiger partial charge in [-0.2, -0.15) is 0 Å². The maximum Gasteiger partial charge on any atom is 0.243 e. The number of nitrogens with one attached hydrogen (secondary N) is 4. The van der Waals surface area contributed by atoms with Crippen LogP contribution in [-0.4, -0.2) is 60.4 Å². The predicted octanol–water partition coefficient (Wildman–Crippen LogP) is 0.538. The Morgan fingerprint density at radius 2 is 0.975 bits per heavy atom. The quantitative estimate of drug-likeness (QED) is 0.210. The summed E-state index contributed by atoms with van der Waals surface area (Å²) in [5, 5.41) is 10.1. The van der Waals surface area contributed by atoms with E-state index in [0.717, 1.165) is 0 Å². The van der Waals surface area contributed by atoms with E-state index in [1.54, 1.807) is 27.7 Å². The lowest BCUT2D eigenvalue weighted by atomic mass is 9.83. The molecule has 40 heavy (non-hydrogen) atoms. The van der Waals surface area contributed by atoms with Crippen molar-refractivity contribution in [2.45, 2.75) is 39.8 Å². The monoisotopic (exact) mass is 550 g/mol. The van der Waals surface area contributed by atoms with E-state index in [2.05, 4.69) is 21.3 Å². The van der Waals surface area contributed by atoms with Gasteiger partial charge in [-0.1, -0.05) is 27.7 Å². The number of amides is 4. The third kappa shape index (κ3) is 6.96. The van der Waals surface area contributed by atoms with Crippen LogP contribution in [0.25, 0.3) is 0 Å². The van der Waals surface area contributed by atoms with E-state index in [1.165, 1.54) is 36.4 Å². The maximum atomic E-state index is 13.2. The minimum atomic E-state index is -0.747. The molecule has 12 nitrogen and oxygen atoms in total. The molecule has 2 atom stereocenters. The SMILES string of the molecule is CC(C)[C@H](N)C(=O)NCC(=O)Nc1ccc2c(c1)C(=O)c1ccc(NC(=O)CNC(=O)[C@@H](N)C(C)C)cc1C2=O. The van der Waals surface area contributed by atoms with Crippen LogP contribution in [-0.2, 0) is 19.2 Å². The smallest absolute Gasteiger partial charge is 0.243 e. The molecule has 0 unspecified atom stereocenters. The summed E-state index contributed by atoms with van der Waals surface area (Å²) in [5.74, 6) is -3.00. The number of anilines is 2. The number of ketones is 2. The number of hydrogen-bond donors (Lipinski definition) is 6. The molecule has 212 valence electrons. The van der Waals surface area contributed by atoms with E-state index >= 15 is 0 Å². The molecule has 0 fully saturated rings. The van der Waals surface area contributed by atoms with Gasteiger partial charge in [-0.25, -0.2) is 0 Å². The first kappa shape index (κ1) is 30.1. The van der Waals surface area contributed by atoms with Crippen molar-refractivity contribution in [3.8, 4) is 0 Å². The van der Waals surface area contributed by atoms with Gasteiger partial charge in [0.15, 0.2) is 11.6 Å². The molecule has 0 saturated heterocycles. The van der Waals surface area contributed by atoms with Gasteiger partial charge >= 0.3 is 0 Å². The fourth-order valence-corrected chi connectivity index (χ4v) is 3.89. The highest BCUT2D eigenvalue weighted by molar-refractivity contribution is 6.29. The Morgan fingerprint density at radius 3 is 1.30 bits per heavy atom. The molecule has 1 aliphatic rings. The van der Waals surface area contributed by atoms with Gasteiger partial charge in [0.25, 0.3) is 0 Å². The largest absolute Gasteiger partial charge is 0.346 e. The van der Waals surface area contributed by atoms with Crippen molar-refractivity contribution < 1.29 is 28.8 Å². The van der Waals surface area contributed by atoms with Crippen LogP contribution in [0.15, 0.2) is 36.4 Å². The molecule has 0 spiro atoms. The van der Waals surface area contributed by atoms with E-state index in [9.17, 15) is 28.8 Å². The Morgan fingerprint density at radius 1 is 0.625 bits per heavy atom. The summed E-state index contributed by atoms with van der Waals surface area (Å²) in [6, 6.07) is 7.12. The average Bonchev–Trinajstić information content (AvgIpc) is 2.92. The molecule has 0 aliphatic heterocycles. The topological polar surface area (TPSA) is 203 Å². The van der Waals surface area contributed by atoms with E-state index in [4.69, 9.17) is 11.5 Å². The molecule has 0 aromatic heterocycles. The molecule has 2 aromatic carbocycles. The van der Waals surface area contributed by atoms with E-state index in [-0.39, 0.29) is 58.6 Å². The third-order valence-electron chi connectivity index (χ3n) is 6.47. The zero-order valence-electron chi connectivity index (χ0n) is 22.8. The average molecular weight is 551 g/mol. The Labute approximate surface area is 231 Å². The van der Waals surface area contributed by atoms with Crippen molar-refractivity contribution in [1.82, 2.24) is 10.6 Å². The minimum Gasteiger partial charge on any atom is -0.346 e. The lowest BCUT2D eigenvalue weighted by molar-refractivity contribution is -0.126. The Bertz CT molecular complexity index is 1270. The third-order valence-corrected chi connectivity index (χ3v) is 6.47. The molecule has 0 saturated carbocycles. The molecular weight excluding hydrogens is 516 g/mol. The highest BCUT2D eigenvalue weighted by Gasteiger charge is 2.30. The molecule has 1 aliphatic carbocycles. The molecule has 0 bridgehead atoms. The van der Waals surface area contributed by atoms with E-state index in [0.29, 0.717) is 0 Å². The predicted molar refractivity (Wildman–Crippen MR) is 149 cm³/mol. The lowest BCUT2D eigenvalue weighted by Crippen LogP contribution is -2.46. The molecule has 8 N–H and O–H groups in total. The summed E-state index contributed by atoms with van der Waals surface area (Å²) >= 11 is 0. The number of carbonyl (C=O) groups is 6. The standard InChI is InChI=1S/C28H34N6O6/c1-13(2)23(29)27(39)31-11-21(35)33-15-5-7-17-19(9-15)25(37)18-8-6-16(10-20(18)26(17)38)34-22(36)12-32-28(40)24(30)14(3)4/h5-10,13-14,23-24H,11-12,29-30H2,1-4H3,(H,31,39)(H,32,40)(H,33,35)(H,34,36)/t23-,24-/m0/s1. The molecule has 0 radical (unpaired) electrons. The second-order valence-electron chi connectivity index (χ2n) is 10.3. The number of rotatable bonds is 10. The summed E-state index contributed by atoms with van der Waals surface area (Å²) in [4.78, 5) is 75.0. The van der Waals surface area contributed by atoms with Crippen LogP contribution in [0.3, 0.4) is 0 Å². The molecule has 12 heteroatoms. The first-order chi connectivity index (χ1) is 18.8. The van der Waals surface area contributed by atoms with Gasteiger partial charge in [0, 0.05) is 33.6 Å². The van der Waals surface area contributed by atoms with Gasteiger partial charge in [-0.15, -0.1) is 0 Å². The van der Waals surface area contributed by atoms with Crippen molar-refractivity contribution in [3.63, 3.8) is 0 Å². The molecule has 0 heterocycles. The molecule has 3 rings (SSSR count). The number of carbonyl (C=O) groups excluding carboxylic acids is 6. The van der Waals surface area contributed by atoms with Crippen molar-refractivity contribution >= 4 is 46.6 Å². The molecular formula is C28H34N6O6. The summed E-state index contributed by atoms with van der Waals surface area (Å²) in [5.41, 5.74) is 12.6. The van der Waals surface area contributed by atoms with Gasteiger partial charge in [0.05, 0.1) is 25.2 Å². The number of nitrogens with two attached hydrogens (primary N) is 2. The second kappa shape index (κ2) is 12.6. The molecule has 2 aromatic rings. The second-order valence-corrected chi connectivity index (χ2v) is 10.3. The lowest BCUT2D eigenvalue weighted by Gasteiger charge is -2.20. The first-order valence-electron chi connectivity index (χ1n) is 12.8. The van der Waals surface area contributed by atoms with Gasteiger partial charge < -0.3 is 32.7 Å². The fraction of sp³-hybridized carbons (Fsp3) is 0.357. The Kier molecular flexibility index (Phi) is 9.51. The van der Waals surface area contributed by atoms with Crippen molar-refractivity contribution in [1.29, 1.82) is 0 Å². The Hall–Kier alpha value is -4.42. The van der Waals surface area contributed by atoms with Crippen LogP contribution in [0, 0.1) is 11.8 Å².